The zero-order valence-corrected chi connectivity index (χ0v) is 13.8. The molecule has 0 bridgehead atoms. The summed E-state index contributed by atoms with van der Waals surface area (Å²) in [7, 11) is 0. The van der Waals surface area contributed by atoms with Crippen molar-refractivity contribution in [2.24, 2.45) is 5.92 Å². The molecule has 0 saturated carbocycles. The van der Waals surface area contributed by atoms with Crippen molar-refractivity contribution in [2.45, 2.75) is 52.3 Å². The Morgan fingerprint density at radius 2 is 1.52 bits per heavy atom. The number of hydrogen-bond acceptors (Lipinski definition) is 5. The molecule has 3 unspecified atom stereocenters. The number of aliphatic hydroxyl groups excluding tert-OH is 1. The highest BCUT2D eigenvalue weighted by molar-refractivity contribution is 5.92. The van der Waals surface area contributed by atoms with Crippen LogP contribution < -0.4 is 16.0 Å². The van der Waals surface area contributed by atoms with Crippen LogP contribution in [0.4, 0.5) is 0 Å². The molecule has 3 atom stereocenters. The van der Waals surface area contributed by atoms with Crippen LogP contribution in [0.15, 0.2) is 0 Å². The molecule has 0 aromatic heterocycles. The molecular weight excluding hydrogens is 306 g/mol. The molecule has 23 heavy (non-hydrogen) atoms. The first-order chi connectivity index (χ1) is 10.5. The smallest absolute Gasteiger partial charge is 0.322 e. The van der Waals surface area contributed by atoms with Crippen LogP contribution in [0.1, 0.15) is 34.1 Å². The number of amides is 3. The highest BCUT2D eigenvalue weighted by Crippen LogP contribution is 2.02. The number of hydrogen-bond donors (Lipinski definition) is 5. The van der Waals surface area contributed by atoms with Crippen molar-refractivity contribution in [3.8, 4) is 0 Å². The lowest BCUT2D eigenvalue weighted by Gasteiger charge is -2.23. The fourth-order valence-electron chi connectivity index (χ4n) is 1.72. The molecule has 0 rings (SSSR count). The monoisotopic (exact) mass is 331 g/mol. The van der Waals surface area contributed by atoms with Gasteiger partial charge in [0, 0.05) is 0 Å². The van der Waals surface area contributed by atoms with Crippen LogP contribution in [0.2, 0.25) is 0 Å². The molecule has 0 aromatic rings. The van der Waals surface area contributed by atoms with Gasteiger partial charge in [-0.1, -0.05) is 13.8 Å². The van der Waals surface area contributed by atoms with Gasteiger partial charge in [-0.25, -0.2) is 0 Å². The fraction of sp³-hybridized carbons (Fsp3) is 0.714. The van der Waals surface area contributed by atoms with E-state index < -0.39 is 48.4 Å². The van der Waals surface area contributed by atoms with E-state index in [9.17, 15) is 19.2 Å². The Bertz CT molecular complexity index is 450. The molecule has 0 fully saturated rings. The molecule has 9 nitrogen and oxygen atoms in total. The van der Waals surface area contributed by atoms with E-state index in [0.29, 0.717) is 0 Å². The van der Waals surface area contributed by atoms with Crippen molar-refractivity contribution in [3.63, 3.8) is 0 Å². The van der Waals surface area contributed by atoms with Crippen molar-refractivity contribution >= 4 is 23.7 Å². The molecular formula is C14H25N3O6. The molecule has 0 heterocycles. The van der Waals surface area contributed by atoms with Gasteiger partial charge in [0.2, 0.25) is 17.7 Å². The summed E-state index contributed by atoms with van der Waals surface area (Å²) in [6.07, 6.45) is -0.958. The van der Waals surface area contributed by atoms with Gasteiger partial charge in [-0.05, 0) is 19.8 Å². The van der Waals surface area contributed by atoms with Gasteiger partial charge >= 0.3 is 5.97 Å². The van der Waals surface area contributed by atoms with Gasteiger partial charge < -0.3 is 26.2 Å². The van der Waals surface area contributed by atoms with Crippen molar-refractivity contribution in [3.05, 3.63) is 0 Å². The molecule has 3 amide bonds. The Hall–Kier alpha value is -2.16. The van der Waals surface area contributed by atoms with E-state index in [1.807, 2.05) is 0 Å². The Balaban J connectivity index is 4.63. The summed E-state index contributed by atoms with van der Waals surface area (Å²) in [6.45, 7) is 5.75. The fourth-order valence-corrected chi connectivity index (χ4v) is 1.72. The second-order valence-electron chi connectivity index (χ2n) is 5.68. The van der Waals surface area contributed by atoms with Crippen molar-refractivity contribution < 1.29 is 29.4 Å². The van der Waals surface area contributed by atoms with Crippen molar-refractivity contribution in [2.75, 3.05) is 6.54 Å². The first-order valence-electron chi connectivity index (χ1n) is 7.31. The maximum atomic E-state index is 12.0. The molecule has 0 aromatic carbocycles. The van der Waals surface area contributed by atoms with Gasteiger partial charge in [-0.2, -0.15) is 0 Å². The molecule has 0 saturated heterocycles. The Morgan fingerprint density at radius 1 is 0.957 bits per heavy atom. The molecule has 132 valence electrons. The van der Waals surface area contributed by atoms with Gasteiger partial charge in [0.05, 0.1) is 12.5 Å². The van der Waals surface area contributed by atoms with Crippen LogP contribution in [0.5, 0.6) is 0 Å². The van der Waals surface area contributed by atoms with E-state index in [1.165, 1.54) is 13.8 Å². The van der Waals surface area contributed by atoms with Crippen LogP contribution in [-0.4, -0.2) is 58.6 Å². The topological polar surface area (TPSA) is 145 Å². The first kappa shape index (κ1) is 20.8. The van der Waals surface area contributed by atoms with E-state index in [4.69, 9.17) is 10.2 Å². The van der Waals surface area contributed by atoms with E-state index in [0.717, 1.165) is 0 Å². The van der Waals surface area contributed by atoms with Gasteiger partial charge in [0.1, 0.15) is 18.6 Å². The number of aliphatic hydroxyl groups is 1. The molecule has 0 radical (unpaired) electrons. The van der Waals surface area contributed by atoms with E-state index in [2.05, 4.69) is 16.0 Å². The SMILES string of the molecule is CC(O)CC(=O)NC(C)C(=O)NC(C(=O)NCC(=O)O)C(C)C. The van der Waals surface area contributed by atoms with Crippen LogP contribution in [0.3, 0.4) is 0 Å². The Morgan fingerprint density at radius 3 is 1.96 bits per heavy atom. The minimum atomic E-state index is -1.19. The number of aliphatic carboxylic acids is 1. The highest BCUT2D eigenvalue weighted by atomic mass is 16.4. The van der Waals surface area contributed by atoms with Crippen LogP contribution in [0, 0.1) is 5.92 Å². The standard InChI is InChI=1S/C14H25N3O6/c1-7(2)12(14(23)15-6-11(20)21)17-13(22)9(4)16-10(19)5-8(3)18/h7-9,12,18H,5-6H2,1-4H3,(H,15,23)(H,16,19)(H,17,22)(H,20,21). The number of rotatable bonds is 9. The summed E-state index contributed by atoms with van der Waals surface area (Å²) in [6, 6.07) is -1.81. The maximum absolute atomic E-state index is 12.0. The predicted molar refractivity (Wildman–Crippen MR) is 81.3 cm³/mol. The lowest BCUT2D eigenvalue weighted by molar-refractivity contribution is -0.139. The van der Waals surface area contributed by atoms with E-state index in [1.54, 1.807) is 13.8 Å². The number of nitrogens with one attached hydrogen (secondary N) is 3. The summed E-state index contributed by atoms with van der Waals surface area (Å²) in [5, 5.41) is 24.7. The molecule has 5 N–H and O–H groups in total. The minimum Gasteiger partial charge on any atom is -0.480 e. The van der Waals surface area contributed by atoms with E-state index >= 15 is 0 Å². The lowest BCUT2D eigenvalue weighted by atomic mass is 10.0. The Kier molecular flexibility index (Phi) is 8.86. The maximum Gasteiger partial charge on any atom is 0.322 e. The molecule has 0 aliphatic rings. The molecule has 0 spiro atoms. The average molecular weight is 331 g/mol. The summed E-state index contributed by atoms with van der Waals surface area (Å²) in [5.74, 6) is -3.13. The van der Waals surface area contributed by atoms with Crippen LogP contribution >= 0.6 is 0 Å². The van der Waals surface area contributed by atoms with Crippen LogP contribution in [-0.2, 0) is 19.2 Å². The largest absolute Gasteiger partial charge is 0.480 e. The lowest BCUT2D eigenvalue weighted by Crippen LogP contribution is -2.55. The molecule has 0 aliphatic carbocycles. The number of carboxylic acids is 1. The van der Waals surface area contributed by atoms with Crippen molar-refractivity contribution in [1.82, 2.24) is 16.0 Å². The van der Waals surface area contributed by atoms with Crippen molar-refractivity contribution in [1.29, 1.82) is 0 Å². The number of carbonyl (C=O) groups is 4. The molecule has 0 aliphatic heterocycles. The van der Waals surface area contributed by atoms with Gasteiger partial charge in [-0.3, -0.25) is 19.2 Å². The van der Waals surface area contributed by atoms with E-state index in [-0.39, 0.29) is 12.3 Å². The third kappa shape index (κ3) is 8.77. The number of carboxylic acid groups (broad SMARTS) is 1. The van der Waals surface area contributed by atoms with Gasteiger partial charge in [-0.15, -0.1) is 0 Å². The third-order valence-corrected chi connectivity index (χ3v) is 2.91. The van der Waals surface area contributed by atoms with Gasteiger partial charge in [0.15, 0.2) is 0 Å². The second kappa shape index (κ2) is 9.78. The quantitative estimate of drug-likeness (QED) is 0.351. The summed E-state index contributed by atoms with van der Waals surface area (Å²) in [4.78, 5) is 45.9. The Labute approximate surface area is 134 Å². The number of carbonyl (C=O) groups excluding carboxylic acids is 3. The summed E-state index contributed by atoms with van der Waals surface area (Å²) < 4.78 is 0. The summed E-state index contributed by atoms with van der Waals surface area (Å²) >= 11 is 0. The zero-order valence-electron chi connectivity index (χ0n) is 13.8. The van der Waals surface area contributed by atoms with Gasteiger partial charge in [0.25, 0.3) is 0 Å². The highest BCUT2D eigenvalue weighted by Gasteiger charge is 2.27. The average Bonchev–Trinajstić information content (AvgIpc) is 2.40. The van der Waals surface area contributed by atoms with Crippen LogP contribution in [0.25, 0.3) is 0 Å². The summed E-state index contributed by atoms with van der Waals surface area (Å²) in [5.41, 5.74) is 0. The predicted octanol–water partition coefficient (Wildman–Crippen LogP) is -1.40. The second-order valence-corrected chi connectivity index (χ2v) is 5.68. The first-order valence-corrected chi connectivity index (χ1v) is 7.31. The zero-order chi connectivity index (χ0) is 18.2. The molecule has 9 heteroatoms. The normalized spacial score (nSPS) is 14.5. The third-order valence-electron chi connectivity index (χ3n) is 2.91. The minimum absolute atomic E-state index is 0.135.